The van der Waals surface area contributed by atoms with E-state index in [4.69, 9.17) is 19.5 Å². The summed E-state index contributed by atoms with van der Waals surface area (Å²) in [5.41, 5.74) is 1.09. The van der Waals surface area contributed by atoms with Crippen molar-refractivity contribution < 1.29 is 33.4 Å². The Morgan fingerprint density at radius 1 is 1.00 bits per heavy atom. The molecule has 2 amide bonds. The minimum Gasteiger partial charge on any atom is -0.497 e. The fourth-order valence-electron chi connectivity index (χ4n) is 5.12. The molecule has 2 heterocycles. The van der Waals surface area contributed by atoms with Crippen LogP contribution in [0.5, 0.6) is 5.75 Å². The van der Waals surface area contributed by atoms with Crippen LogP contribution in [0.25, 0.3) is 0 Å². The summed E-state index contributed by atoms with van der Waals surface area (Å²) in [7, 11) is 1.56. The maximum atomic E-state index is 13.8. The lowest BCUT2D eigenvalue weighted by atomic mass is 9.89. The smallest absolute Gasteiger partial charge is 0.234 e. The highest BCUT2D eigenvalue weighted by Crippen LogP contribution is 2.29. The van der Waals surface area contributed by atoms with Crippen molar-refractivity contribution in [1.82, 2.24) is 15.5 Å². The van der Waals surface area contributed by atoms with Crippen LogP contribution in [0.2, 0.25) is 0 Å². The summed E-state index contributed by atoms with van der Waals surface area (Å²) in [6.07, 6.45) is 0.302. The molecule has 4 rings (SSSR count). The zero-order chi connectivity index (χ0) is 31.7. The number of ether oxygens (including phenoxy) is 3. The number of methoxy groups -OCH3 is 1. The molecule has 0 bridgehead atoms. The summed E-state index contributed by atoms with van der Waals surface area (Å²) in [5.74, 6) is -1.41. The topological polar surface area (TPSA) is 150 Å². The first-order valence-corrected chi connectivity index (χ1v) is 14.8. The van der Waals surface area contributed by atoms with E-state index in [9.17, 15) is 19.2 Å². The zero-order valence-corrected chi connectivity index (χ0v) is 25.5. The number of rotatable bonds is 15. The van der Waals surface area contributed by atoms with Crippen LogP contribution in [0, 0.1) is 17.2 Å². The van der Waals surface area contributed by atoms with Gasteiger partial charge in [-0.2, -0.15) is 5.26 Å². The van der Waals surface area contributed by atoms with Crippen LogP contribution in [-0.2, 0) is 41.5 Å². The number of nitrogens with one attached hydrogen (secondary N) is 2. The first-order chi connectivity index (χ1) is 21.1. The molecule has 0 aromatic heterocycles. The monoisotopic (exact) mass is 604 g/mol. The van der Waals surface area contributed by atoms with Crippen molar-refractivity contribution in [2.45, 2.75) is 50.8 Å². The Labute approximate surface area is 257 Å². The second kappa shape index (κ2) is 15.1. The van der Waals surface area contributed by atoms with Gasteiger partial charge in [-0.1, -0.05) is 24.3 Å². The molecular weight excluding hydrogens is 564 g/mol. The highest BCUT2D eigenvalue weighted by molar-refractivity contribution is 5.98. The Bertz CT molecular complexity index is 1360. The fourth-order valence-corrected chi connectivity index (χ4v) is 5.12. The predicted octanol–water partition coefficient (Wildman–Crippen LogP) is 1.61. The van der Waals surface area contributed by atoms with Gasteiger partial charge in [-0.15, -0.1) is 0 Å². The Morgan fingerprint density at radius 3 is 2.20 bits per heavy atom. The molecule has 2 aliphatic rings. The van der Waals surface area contributed by atoms with Gasteiger partial charge in [0, 0.05) is 25.4 Å². The van der Waals surface area contributed by atoms with Crippen molar-refractivity contribution in [3.63, 3.8) is 0 Å². The number of carbonyl (C=O) groups is 4. The molecule has 0 aliphatic carbocycles. The summed E-state index contributed by atoms with van der Waals surface area (Å²) in [4.78, 5) is 55.2. The lowest BCUT2D eigenvalue weighted by Gasteiger charge is -2.27. The summed E-state index contributed by atoms with van der Waals surface area (Å²) >= 11 is 0. The van der Waals surface area contributed by atoms with Crippen LogP contribution < -0.4 is 15.4 Å². The van der Waals surface area contributed by atoms with Crippen LogP contribution in [0.3, 0.4) is 0 Å². The number of epoxide rings is 1. The highest BCUT2D eigenvalue weighted by atomic mass is 16.6. The van der Waals surface area contributed by atoms with Gasteiger partial charge in [-0.05, 0) is 62.1 Å². The summed E-state index contributed by atoms with van der Waals surface area (Å²) < 4.78 is 16.0. The quantitative estimate of drug-likeness (QED) is 0.289. The number of morpholine rings is 1. The molecule has 2 aromatic rings. The lowest BCUT2D eigenvalue weighted by Crippen LogP contribution is -2.50. The average molecular weight is 605 g/mol. The molecule has 11 heteroatoms. The number of nitriles is 1. The third kappa shape index (κ3) is 9.19. The van der Waals surface area contributed by atoms with Crippen LogP contribution in [0.1, 0.15) is 37.0 Å². The van der Waals surface area contributed by atoms with E-state index in [0.717, 1.165) is 11.1 Å². The lowest BCUT2D eigenvalue weighted by molar-refractivity contribution is -0.134. The minimum absolute atomic E-state index is 0.136. The van der Waals surface area contributed by atoms with Crippen molar-refractivity contribution in [2.75, 3.05) is 46.6 Å². The number of Topliss-reactive ketones (excluding diaryl/α,β-unsaturated/α-hetero) is 2. The number of ketones is 2. The SMILES string of the molecule is COc1ccc(C[C@H](CC(=O)[C@H](C)NC(=O)CN2CCOCC2)C(=O)N[C@@H](Cc2ccc(C#N)cc2)C(=O)[C@@]2(C)CO2)cc1. The van der Waals surface area contributed by atoms with Crippen molar-refractivity contribution in [3.05, 3.63) is 65.2 Å². The molecule has 2 aromatic carbocycles. The van der Waals surface area contributed by atoms with Crippen molar-refractivity contribution in [3.8, 4) is 11.8 Å². The summed E-state index contributed by atoms with van der Waals surface area (Å²) in [5, 5.41) is 14.8. The Hall–Kier alpha value is -4.11. The number of benzene rings is 2. The second-order valence-electron chi connectivity index (χ2n) is 11.6. The van der Waals surface area contributed by atoms with Gasteiger partial charge in [0.1, 0.15) is 11.4 Å². The van der Waals surface area contributed by atoms with Gasteiger partial charge in [0.05, 0.1) is 57.2 Å². The number of amides is 2. The van der Waals surface area contributed by atoms with Crippen molar-refractivity contribution >= 4 is 23.4 Å². The molecule has 2 saturated heterocycles. The molecule has 11 nitrogen and oxygen atoms in total. The van der Waals surface area contributed by atoms with Crippen LogP contribution >= 0.6 is 0 Å². The summed E-state index contributed by atoms with van der Waals surface area (Å²) in [6.45, 7) is 6.14. The minimum atomic E-state index is -0.981. The van der Waals surface area contributed by atoms with Gasteiger partial charge < -0.3 is 24.8 Å². The van der Waals surface area contributed by atoms with Gasteiger partial charge in [0.15, 0.2) is 11.6 Å². The first-order valence-electron chi connectivity index (χ1n) is 14.8. The average Bonchev–Trinajstić information content (AvgIpc) is 3.79. The van der Waals surface area contributed by atoms with Gasteiger partial charge >= 0.3 is 0 Å². The third-order valence-corrected chi connectivity index (χ3v) is 8.05. The Balaban J connectivity index is 1.48. The molecular formula is C33H40N4O7. The molecule has 2 aliphatic heterocycles. The molecule has 0 unspecified atom stereocenters. The van der Waals surface area contributed by atoms with Crippen LogP contribution in [0.15, 0.2) is 48.5 Å². The molecule has 2 fully saturated rings. The van der Waals surface area contributed by atoms with E-state index in [0.29, 0.717) is 37.6 Å². The van der Waals surface area contributed by atoms with E-state index in [-0.39, 0.29) is 49.9 Å². The van der Waals surface area contributed by atoms with Crippen molar-refractivity contribution in [2.24, 2.45) is 5.92 Å². The maximum Gasteiger partial charge on any atom is 0.234 e. The molecule has 0 saturated carbocycles. The standard InChI is InChI=1S/C33H40N4O7/c1-22(35-30(39)20-37-12-14-43-15-13-37)29(38)18-26(16-23-8-10-27(42-3)11-9-23)32(41)36-28(31(40)33(2)21-44-33)17-24-4-6-25(19-34)7-5-24/h4-11,22,26,28H,12-18,20-21H2,1-3H3,(H,35,39)(H,36,41)/t22-,26+,28-,33+/m0/s1. The van der Waals surface area contributed by atoms with Gasteiger partial charge in [0.2, 0.25) is 11.8 Å². The van der Waals surface area contributed by atoms with E-state index in [1.54, 1.807) is 57.4 Å². The molecule has 0 radical (unpaired) electrons. The molecule has 4 atom stereocenters. The number of nitrogens with zero attached hydrogens (tertiary/aromatic N) is 2. The van der Waals surface area contributed by atoms with Gasteiger partial charge in [-0.25, -0.2) is 0 Å². The normalized spacial score (nSPS) is 20.0. The zero-order valence-electron chi connectivity index (χ0n) is 25.5. The van der Waals surface area contributed by atoms with E-state index in [2.05, 4.69) is 16.7 Å². The van der Waals surface area contributed by atoms with E-state index < -0.39 is 29.5 Å². The number of hydrogen-bond acceptors (Lipinski definition) is 9. The first kappa shape index (κ1) is 32.8. The number of carbonyl (C=O) groups excluding carboxylic acids is 4. The fraction of sp³-hybridized carbons (Fsp3) is 0.485. The summed E-state index contributed by atoms with van der Waals surface area (Å²) in [6, 6.07) is 14.4. The molecule has 2 N–H and O–H groups in total. The molecule has 44 heavy (non-hydrogen) atoms. The maximum absolute atomic E-state index is 13.8. The number of hydrogen-bond donors (Lipinski definition) is 2. The predicted molar refractivity (Wildman–Crippen MR) is 161 cm³/mol. The second-order valence-corrected chi connectivity index (χ2v) is 11.6. The van der Waals surface area contributed by atoms with Crippen molar-refractivity contribution in [1.29, 1.82) is 5.26 Å². The molecule has 234 valence electrons. The van der Waals surface area contributed by atoms with Crippen LogP contribution in [-0.4, -0.2) is 92.5 Å². The highest BCUT2D eigenvalue weighted by Gasteiger charge is 2.50. The molecule has 0 spiro atoms. The van der Waals surface area contributed by atoms with E-state index >= 15 is 0 Å². The Morgan fingerprint density at radius 2 is 1.61 bits per heavy atom. The van der Waals surface area contributed by atoms with Gasteiger partial charge in [0.25, 0.3) is 0 Å². The van der Waals surface area contributed by atoms with Crippen LogP contribution in [0.4, 0.5) is 0 Å². The van der Waals surface area contributed by atoms with Gasteiger partial charge in [-0.3, -0.25) is 24.1 Å². The third-order valence-electron chi connectivity index (χ3n) is 8.05. The Kier molecular flexibility index (Phi) is 11.2. The van der Waals surface area contributed by atoms with E-state index in [1.165, 1.54) is 0 Å². The largest absolute Gasteiger partial charge is 0.497 e. The van der Waals surface area contributed by atoms with E-state index in [1.807, 2.05) is 17.0 Å².